The van der Waals surface area contributed by atoms with Crippen molar-refractivity contribution in [1.82, 2.24) is 4.90 Å². The molecule has 2 heterocycles. The van der Waals surface area contributed by atoms with E-state index in [-0.39, 0.29) is 11.8 Å². The number of amides is 1. The summed E-state index contributed by atoms with van der Waals surface area (Å²) < 4.78 is 5.89. The third-order valence-electron chi connectivity index (χ3n) is 7.38. The third kappa shape index (κ3) is 9.86. The summed E-state index contributed by atoms with van der Waals surface area (Å²) >= 11 is 12.5. The van der Waals surface area contributed by atoms with Crippen LogP contribution in [-0.2, 0) is 16.0 Å². The molecule has 0 spiro atoms. The predicted octanol–water partition coefficient (Wildman–Crippen LogP) is 7.15. The summed E-state index contributed by atoms with van der Waals surface area (Å²) in [5.41, 5.74) is 3.10. The lowest BCUT2D eigenvalue weighted by Gasteiger charge is -2.36. The van der Waals surface area contributed by atoms with Crippen LogP contribution in [0.5, 0.6) is 5.75 Å². The van der Waals surface area contributed by atoms with Gasteiger partial charge in [0.15, 0.2) is 0 Å². The summed E-state index contributed by atoms with van der Waals surface area (Å²) in [6.07, 6.45) is 7.05. The standard InChI is InChI=1S/C23H27Cl2N3O2.C8H16O2/c24-19-4-3-5-21(23(19)25)28-13-11-27(12-14-28)10-1-2-15-30-18-8-6-17-7-9-22(29)26-20(17)16-18;1-3-5-7(6-4-2)8(9)10/h3-6,8,16H,1-2,7,9-15H2,(H,26,29);7H,3-6H2,1-2H3,(H,9,10). The number of nitrogens with zero attached hydrogens (tertiary/aromatic N) is 2. The quantitative estimate of drug-likeness (QED) is 0.255. The fraction of sp³-hybridized carbons (Fsp3) is 0.548. The number of rotatable bonds is 12. The number of carbonyl (C=O) groups excluding carboxylic acids is 1. The molecule has 7 nitrogen and oxygen atoms in total. The number of hydrogen-bond donors (Lipinski definition) is 2. The molecule has 9 heteroatoms. The first-order chi connectivity index (χ1) is 19.3. The van der Waals surface area contributed by atoms with Crippen molar-refractivity contribution >= 4 is 46.5 Å². The molecule has 1 amide bonds. The third-order valence-corrected chi connectivity index (χ3v) is 8.19. The average molecular weight is 593 g/mol. The van der Waals surface area contributed by atoms with Gasteiger partial charge in [0.05, 0.1) is 28.3 Å². The summed E-state index contributed by atoms with van der Waals surface area (Å²) in [5.74, 6) is 0.166. The van der Waals surface area contributed by atoms with Gasteiger partial charge in [-0.2, -0.15) is 0 Å². The highest BCUT2D eigenvalue weighted by Gasteiger charge is 2.20. The summed E-state index contributed by atoms with van der Waals surface area (Å²) in [5, 5.41) is 12.8. The number of nitrogens with one attached hydrogen (secondary N) is 1. The highest BCUT2D eigenvalue weighted by molar-refractivity contribution is 6.43. The minimum atomic E-state index is -0.635. The van der Waals surface area contributed by atoms with E-state index < -0.39 is 5.97 Å². The van der Waals surface area contributed by atoms with E-state index in [1.54, 1.807) is 0 Å². The van der Waals surface area contributed by atoms with Gasteiger partial charge in [0.25, 0.3) is 0 Å². The first-order valence-electron chi connectivity index (χ1n) is 14.5. The van der Waals surface area contributed by atoms with Gasteiger partial charge in [0.2, 0.25) is 5.91 Å². The van der Waals surface area contributed by atoms with Crippen molar-refractivity contribution < 1.29 is 19.4 Å². The SMILES string of the molecule is CCCC(CCC)C(=O)O.O=C1CCc2ccc(OCCCCN3CCN(c4cccc(Cl)c4Cl)CC3)cc2N1. The predicted molar refractivity (Wildman–Crippen MR) is 164 cm³/mol. The van der Waals surface area contributed by atoms with E-state index in [9.17, 15) is 9.59 Å². The molecular weight excluding hydrogens is 549 g/mol. The summed E-state index contributed by atoms with van der Waals surface area (Å²) in [6, 6.07) is 11.8. The van der Waals surface area contributed by atoms with E-state index in [4.69, 9.17) is 33.0 Å². The molecule has 2 N–H and O–H groups in total. The maximum Gasteiger partial charge on any atom is 0.306 e. The van der Waals surface area contributed by atoms with Crippen molar-refractivity contribution in [2.45, 2.75) is 65.2 Å². The van der Waals surface area contributed by atoms with Crippen LogP contribution in [0.3, 0.4) is 0 Å². The lowest BCUT2D eigenvalue weighted by molar-refractivity contribution is -0.142. The second-order valence-electron chi connectivity index (χ2n) is 10.4. The topological polar surface area (TPSA) is 82.1 Å². The van der Waals surface area contributed by atoms with Gasteiger partial charge in [0, 0.05) is 44.4 Å². The second kappa shape index (κ2) is 16.7. The lowest BCUT2D eigenvalue weighted by Crippen LogP contribution is -2.46. The zero-order valence-corrected chi connectivity index (χ0v) is 25.3. The van der Waals surface area contributed by atoms with Crippen LogP contribution < -0.4 is 15.0 Å². The maximum absolute atomic E-state index is 11.5. The molecule has 0 saturated carbocycles. The normalized spacial score (nSPS) is 15.2. The van der Waals surface area contributed by atoms with Crippen LogP contribution in [0.4, 0.5) is 11.4 Å². The van der Waals surface area contributed by atoms with Crippen LogP contribution in [0.2, 0.25) is 10.0 Å². The molecule has 2 aliphatic rings. The molecule has 0 aromatic heterocycles. The van der Waals surface area contributed by atoms with Crippen LogP contribution in [0.1, 0.15) is 64.4 Å². The number of aryl methyl sites for hydroxylation is 1. The van der Waals surface area contributed by atoms with E-state index in [0.29, 0.717) is 23.1 Å². The van der Waals surface area contributed by atoms with Crippen LogP contribution >= 0.6 is 23.2 Å². The number of fused-ring (bicyclic) bond motifs is 1. The van der Waals surface area contributed by atoms with Gasteiger partial charge in [-0.1, -0.05) is 62.0 Å². The zero-order chi connectivity index (χ0) is 28.9. The van der Waals surface area contributed by atoms with Gasteiger partial charge in [0.1, 0.15) is 5.75 Å². The Balaban J connectivity index is 0.000000378. The van der Waals surface area contributed by atoms with Gasteiger partial charge in [-0.15, -0.1) is 0 Å². The lowest BCUT2D eigenvalue weighted by atomic mass is 9.99. The molecule has 4 rings (SSSR count). The fourth-order valence-electron chi connectivity index (χ4n) is 5.11. The van der Waals surface area contributed by atoms with E-state index in [2.05, 4.69) is 21.2 Å². The fourth-order valence-corrected chi connectivity index (χ4v) is 5.52. The van der Waals surface area contributed by atoms with Crippen LogP contribution in [0.15, 0.2) is 36.4 Å². The van der Waals surface area contributed by atoms with E-state index in [1.165, 1.54) is 5.56 Å². The Hall–Kier alpha value is -2.48. The minimum Gasteiger partial charge on any atom is -0.494 e. The molecule has 0 aliphatic carbocycles. The number of carboxylic acid groups (broad SMARTS) is 1. The number of aliphatic carboxylic acids is 1. The first-order valence-corrected chi connectivity index (χ1v) is 15.3. The minimum absolute atomic E-state index is 0.0809. The average Bonchev–Trinajstić information content (AvgIpc) is 2.95. The van der Waals surface area contributed by atoms with E-state index in [1.807, 2.05) is 44.2 Å². The van der Waals surface area contributed by atoms with Crippen molar-refractivity contribution in [3.63, 3.8) is 0 Å². The Morgan fingerprint density at radius 3 is 2.42 bits per heavy atom. The molecular formula is C31H43Cl2N3O4. The van der Waals surface area contributed by atoms with Crippen molar-refractivity contribution in [3.8, 4) is 5.75 Å². The molecule has 40 heavy (non-hydrogen) atoms. The maximum atomic E-state index is 11.5. The molecule has 2 aliphatic heterocycles. The number of carboxylic acids is 1. The zero-order valence-electron chi connectivity index (χ0n) is 23.8. The number of piperazine rings is 1. The Labute approximate surface area is 248 Å². The number of carbonyl (C=O) groups is 2. The Bertz CT molecular complexity index is 1100. The molecule has 2 aromatic carbocycles. The summed E-state index contributed by atoms with van der Waals surface area (Å²) in [7, 11) is 0. The number of anilines is 2. The Kier molecular flexibility index (Phi) is 13.4. The number of benzene rings is 2. The first kappa shape index (κ1) is 32.0. The van der Waals surface area contributed by atoms with Crippen LogP contribution in [-0.4, -0.2) is 61.2 Å². The smallest absolute Gasteiger partial charge is 0.306 e. The Morgan fingerprint density at radius 2 is 1.75 bits per heavy atom. The Morgan fingerprint density at radius 1 is 1.02 bits per heavy atom. The van der Waals surface area contributed by atoms with E-state index in [0.717, 1.165) is 94.8 Å². The van der Waals surface area contributed by atoms with Crippen molar-refractivity contribution in [2.75, 3.05) is 49.5 Å². The van der Waals surface area contributed by atoms with Crippen molar-refractivity contribution in [3.05, 3.63) is 52.0 Å². The number of unbranched alkanes of at least 4 members (excludes halogenated alkanes) is 1. The van der Waals surface area contributed by atoms with Gasteiger partial charge in [-0.05, 0) is 62.4 Å². The summed E-state index contributed by atoms with van der Waals surface area (Å²) in [6.45, 7) is 9.75. The molecule has 0 unspecified atom stereocenters. The van der Waals surface area contributed by atoms with Crippen LogP contribution in [0.25, 0.3) is 0 Å². The molecule has 0 bridgehead atoms. The number of halogens is 2. The molecule has 0 radical (unpaired) electrons. The van der Waals surface area contributed by atoms with Crippen molar-refractivity contribution in [2.24, 2.45) is 5.92 Å². The van der Waals surface area contributed by atoms with E-state index >= 15 is 0 Å². The highest BCUT2D eigenvalue weighted by atomic mass is 35.5. The molecule has 1 fully saturated rings. The van der Waals surface area contributed by atoms with Gasteiger partial charge in [-0.3, -0.25) is 14.5 Å². The molecule has 1 saturated heterocycles. The number of ether oxygens (including phenoxy) is 1. The largest absolute Gasteiger partial charge is 0.494 e. The van der Waals surface area contributed by atoms with Crippen molar-refractivity contribution in [1.29, 1.82) is 0 Å². The second-order valence-corrected chi connectivity index (χ2v) is 11.2. The molecule has 2 aromatic rings. The number of hydrogen-bond acceptors (Lipinski definition) is 5. The molecule has 0 atom stereocenters. The van der Waals surface area contributed by atoms with Gasteiger partial charge >= 0.3 is 5.97 Å². The summed E-state index contributed by atoms with van der Waals surface area (Å²) in [4.78, 5) is 26.8. The monoisotopic (exact) mass is 591 g/mol. The van der Waals surface area contributed by atoms with Gasteiger partial charge in [-0.25, -0.2) is 0 Å². The van der Waals surface area contributed by atoms with Gasteiger partial charge < -0.3 is 20.1 Å². The highest BCUT2D eigenvalue weighted by Crippen LogP contribution is 2.33. The van der Waals surface area contributed by atoms with Crippen LogP contribution in [0, 0.1) is 5.92 Å². The molecule has 220 valence electrons.